The summed E-state index contributed by atoms with van der Waals surface area (Å²) in [4.78, 5) is 4.31. The summed E-state index contributed by atoms with van der Waals surface area (Å²) in [7, 11) is -3.49. The molecule has 118 valence electrons. The molecule has 1 aromatic rings. The average Bonchev–Trinajstić information content (AvgIpc) is 2.49. The van der Waals surface area contributed by atoms with Crippen LogP contribution in [0.3, 0.4) is 0 Å². The maximum Gasteiger partial charge on any atom is 0.240 e. The Bertz CT molecular complexity index is 542. The Balaban J connectivity index is 1.90. The van der Waals surface area contributed by atoms with Gasteiger partial charge in [-0.2, -0.15) is 0 Å². The van der Waals surface area contributed by atoms with Crippen molar-refractivity contribution in [3.63, 3.8) is 0 Å². The van der Waals surface area contributed by atoms with Gasteiger partial charge in [0.05, 0.1) is 11.0 Å². The minimum atomic E-state index is -3.49. The lowest BCUT2D eigenvalue weighted by Crippen LogP contribution is -2.29. The lowest BCUT2D eigenvalue weighted by Gasteiger charge is -2.22. The second-order valence-electron chi connectivity index (χ2n) is 5.08. The number of anilines is 1. The molecule has 2 heterocycles. The zero-order chi connectivity index (χ0) is 15.1. The van der Waals surface area contributed by atoms with E-state index >= 15 is 0 Å². The predicted molar refractivity (Wildman–Crippen MR) is 81.8 cm³/mol. The molecule has 0 aliphatic carbocycles. The van der Waals surface area contributed by atoms with Crippen LogP contribution < -0.4 is 10.0 Å². The van der Waals surface area contributed by atoms with Gasteiger partial charge < -0.3 is 10.1 Å². The van der Waals surface area contributed by atoms with Crippen molar-refractivity contribution in [2.45, 2.75) is 43.6 Å². The second-order valence-corrected chi connectivity index (χ2v) is 6.85. The minimum Gasteiger partial charge on any atom is -0.378 e. The van der Waals surface area contributed by atoms with E-state index in [1.807, 2.05) is 6.92 Å². The molecule has 7 heteroatoms. The molecule has 1 saturated heterocycles. The largest absolute Gasteiger partial charge is 0.378 e. The smallest absolute Gasteiger partial charge is 0.240 e. The molecule has 0 aromatic carbocycles. The lowest BCUT2D eigenvalue weighted by molar-refractivity contribution is 0.0123. The van der Waals surface area contributed by atoms with E-state index in [0.717, 1.165) is 25.9 Å². The summed E-state index contributed by atoms with van der Waals surface area (Å²) < 4.78 is 32.7. The van der Waals surface area contributed by atoms with Crippen molar-refractivity contribution >= 4 is 15.8 Å². The first-order valence-electron chi connectivity index (χ1n) is 7.43. The van der Waals surface area contributed by atoms with Gasteiger partial charge in [-0.25, -0.2) is 18.1 Å². The number of hydrogen-bond donors (Lipinski definition) is 2. The SMILES string of the molecule is CCNc1cc(S(=O)(=O)NCCC2CCCCO2)ccn1. The van der Waals surface area contributed by atoms with E-state index in [4.69, 9.17) is 4.74 Å². The molecule has 6 nitrogen and oxygen atoms in total. The Morgan fingerprint density at radius 2 is 2.29 bits per heavy atom. The van der Waals surface area contributed by atoms with E-state index in [-0.39, 0.29) is 11.0 Å². The van der Waals surface area contributed by atoms with Crippen LogP contribution in [0.15, 0.2) is 23.2 Å². The van der Waals surface area contributed by atoms with Crippen LogP contribution in [0.4, 0.5) is 5.82 Å². The summed E-state index contributed by atoms with van der Waals surface area (Å²) in [5, 5.41) is 3.00. The Hall–Kier alpha value is -1.18. The molecule has 1 aromatic heterocycles. The molecule has 0 spiro atoms. The number of sulfonamides is 1. The highest BCUT2D eigenvalue weighted by Crippen LogP contribution is 2.16. The quantitative estimate of drug-likeness (QED) is 0.801. The van der Waals surface area contributed by atoms with Crippen molar-refractivity contribution in [1.29, 1.82) is 0 Å². The van der Waals surface area contributed by atoms with Gasteiger partial charge in [0.25, 0.3) is 0 Å². The zero-order valence-electron chi connectivity index (χ0n) is 12.3. The standard InChI is InChI=1S/C14H23N3O3S/c1-2-15-14-11-13(7-8-16-14)21(18,19)17-9-6-12-5-3-4-10-20-12/h7-8,11-12,17H,2-6,9-10H2,1H3,(H,15,16). The monoisotopic (exact) mass is 313 g/mol. The van der Waals surface area contributed by atoms with E-state index in [1.54, 1.807) is 6.07 Å². The Morgan fingerprint density at radius 3 is 3.00 bits per heavy atom. The van der Waals surface area contributed by atoms with Crippen LogP contribution >= 0.6 is 0 Å². The van der Waals surface area contributed by atoms with Crippen LogP contribution in [0.25, 0.3) is 0 Å². The molecule has 0 bridgehead atoms. The minimum absolute atomic E-state index is 0.177. The van der Waals surface area contributed by atoms with Gasteiger partial charge in [-0.15, -0.1) is 0 Å². The van der Waals surface area contributed by atoms with Crippen LogP contribution in [0.5, 0.6) is 0 Å². The summed E-state index contributed by atoms with van der Waals surface area (Å²) in [5.74, 6) is 0.566. The highest BCUT2D eigenvalue weighted by Gasteiger charge is 2.17. The molecular weight excluding hydrogens is 290 g/mol. The van der Waals surface area contributed by atoms with Crippen molar-refractivity contribution in [3.8, 4) is 0 Å². The van der Waals surface area contributed by atoms with Crippen LogP contribution in [-0.2, 0) is 14.8 Å². The molecule has 0 saturated carbocycles. The third-order valence-electron chi connectivity index (χ3n) is 3.43. The van der Waals surface area contributed by atoms with Gasteiger partial charge in [0, 0.05) is 32.0 Å². The van der Waals surface area contributed by atoms with Crippen molar-refractivity contribution in [2.24, 2.45) is 0 Å². The summed E-state index contributed by atoms with van der Waals surface area (Å²) in [6, 6.07) is 3.04. The highest BCUT2D eigenvalue weighted by atomic mass is 32.2. The predicted octanol–water partition coefficient (Wildman–Crippen LogP) is 1.75. The molecule has 1 atom stereocenters. The number of hydrogen-bond acceptors (Lipinski definition) is 5. The normalized spacial score (nSPS) is 19.4. The molecule has 21 heavy (non-hydrogen) atoms. The van der Waals surface area contributed by atoms with Crippen LogP contribution in [0.1, 0.15) is 32.6 Å². The summed E-state index contributed by atoms with van der Waals surface area (Å²) >= 11 is 0. The fourth-order valence-electron chi connectivity index (χ4n) is 2.33. The molecule has 0 radical (unpaired) electrons. The average molecular weight is 313 g/mol. The van der Waals surface area contributed by atoms with Gasteiger partial charge in [0.2, 0.25) is 10.0 Å². The van der Waals surface area contributed by atoms with Crippen molar-refractivity contribution in [2.75, 3.05) is 25.0 Å². The summed E-state index contributed by atoms with van der Waals surface area (Å²) in [5.41, 5.74) is 0. The number of nitrogens with zero attached hydrogens (tertiary/aromatic N) is 1. The number of nitrogens with one attached hydrogen (secondary N) is 2. The van der Waals surface area contributed by atoms with E-state index in [2.05, 4.69) is 15.0 Å². The van der Waals surface area contributed by atoms with E-state index in [0.29, 0.717) is 25.3 Å². The summed E-state index contributed by atoms with van der Waals surface area (Å²) in [6.07, 6.45) is 5.67. The first-order valence-corrected chi connectivity index (χ1v) is 8.91. The molecular formula is C14H23N3O3S. The van der Waals surface area contributed by atoms with Gasteiger partial charge in [0.15, 0.2) is 0 Å². The van der Waals surface area contributed by atoms with Gasteiger partial charge in [-0.1, -0.05) is 0 Å². The third-order valence-corrected chi connectivity index (χ3v) is 4.89. The van der Waals surface area contributed by atoms with Gasteiger partial charge >= 0.3 is 0 Å². The third kappa shape index (κ3) is 4.94. The molecule has 1 aliphatic rings. The first kappa shape index (κ1) is 16.2. The van der Waals surface area contributed by atoms with Gasteiger partial charge in [0.1, 0.15) is 5.82 Å². The number of pyridine rings is 1. The lowest BCUT2D eigenvalue weighted by atomic mass is 10.1. The molecule has 1 fully saturated rings. The van der Waals surface area contributed by atoms with Crippen LogP contribution in [-0.4, -0.2) is 39.2 Å². The van der Waals surface area contributed by atoms with Gasteiger partial charge in [-0.05, 0) is 38.7 Å². The van der Waals surface area contributed by atoms with Crippen molar-refractivity contribution < 1.29 is 13.2 Å². The molecule has 2 rings (SSSR count). The maximum absolute atomic E-state index is 12.2. The summed E-state index contributed by atoms with van der Waals surface area (Å²) in [6.45, 7) is 3.81. The molecule has 2 N–H and O–H groups in total. The van der Waals surface area contributed by atoms with Crippen molar-refractivity contribution in [3.05, 3.63) is 18.3 Å². The second kappa shape index (κ2) is 7.72. The number of rotatable bonds is 7. The Labute approximate surface area is 126 Å². The van der Waals surface area contributed by atoms with E-state index in [9.17, 15) is 8.42 Å². The van der Waals surface area contributed by atoms with E-state index < -0.39 is 10.0 Å². The maximum atomic E-state index is 12.2. The zero-order valence-corrected chi connectivity index (χ0v) is 13.2. The molecule has 1 aliphatic heterocycles. The topological polar surface area (TPSA) is 80.3 Å². The first-order chi connectivity index (χ1) is 10.1. The van der Waals surface area contributed by atoms with Crippen molar-refractivity contribution in [1.82, 2.24) is 9.71 Å². The van der Waals surface area contributed by atoms with E-state index in [1.165, 1.54) is 12.3 Å². The highest BCUT2D eigenvalue weighted by molar-refractivity contribution is 7.89. The fourth-order valence-corrected chi connectivity index (χ4v) is 3.39. The Morgan fingerprint density at radius 1 is 1.43 bits per heavy atom. The molecule has 1 unspecified atom stereocenters. The Kier molecular flexibility index (Phi) is 5.96. The molecule has 0 amide bonds. The number of aromatic nitrogens is 1. The van der Waals surface area contributed by atoms with Crippen LogP contribution in [0.2, 0.25) is 0 Å². The van der Waals surface area contributed by atoms with Crippen LogP contribution in [0, 0.1) is 0 Å². The van der Waals surface area contributed by atoms with Gasteiger partial charge in [-0.3, -0.25) is 0 Å². The number of ether oxygens (including phenoxy) is 1. The fraction of sp³-hybridized carbons (Fsp3) is 0.643.